The lowest BCUT2D eigenvalue weighted by Gasteiger charge is -2.06. The van der Waals surface area contributed by atoms with Gasteiger partial charge in [0, 0.05) is 0 Å². The largest absolute Gasteiger partial charge is 0.0776 e. The summed E-state index contributed by atoms with van der Waals surface area (Å²) in [6.45, 7) is 4.26. The minimum atomic E-state index is 0. The van der Waals surface area contributed by atoms with E-state index in [1.807, 2.05) is 0 Å². The van der Waals surface area contributed by atoms with Crippen LogP contribution in [0.3, 0.4) is 0 Å². The molecule has 0 aromatic heterocycles. The van der Waals surface area contributed by atoms with Crippen molar-refractivity contribution in [1.29, 1.82) is 0 Å². The van der Waals surface area contributed by atoms with Crippen LogP contribution in [0.4, 0.5) is 0 Å². The molecule has 106 valence electrons. The maximum atomic E-state index is 2.22. The van der Waals surface area contributed by atoms with Crippen molar-refractivity contribution in [3.05, 3.63) is 83.9 Å². The first-order chi connectivity index (χ1) is 9.72. The monoisotopic (exact) mass is 274 g/mol. The molecular formula is C21H22. The molecule has 3 rings (SSSR count). The van der Waals surface area contributed by atoms with Gasteiger partial charge in [-0.1, -0.05) is 91.3 Å². The Hall–Kier alpha value is -2.34. The van der Waals surface area contributed by atoms with E-state index in [1.54, 1.807) is 0 Å². The SMILES string of the molecule is C.Cc1cccc(-c2ccc(-c3cccc(C)c3)cc2)c1. The van der Waals surface area contributed by atoms with Crippen LogP contribution in [0, 0.1) is 13.8 Å². The van der Waals surface area contributed by atoms with E-state index in [-0.39, 0.29) is 7.43 Å². The molecule has 0 spiro atoms. The molecular weight excluding hydrogens is 252 g/mol. The van der Waals surface area contributed by atoms with Crippen molar-refractivity contribution in [2.24, 2.45) is 0 Å². The minimum absolute atomic E-state index is 0. The molecule has 0 bridgehead atoms. The third-order valence-corrected chi connectivity index (χ3v) is 3.59. The Morgan fingerprint density at radius 3 is 1.19 bits per heavy atom. The zero-order valence-corrected chi connectivity index (χ0v) is 11.9. The Morgan fingerprint density at radius 2 is 0.857 bits per heavy atom. The zero-order chi connectivity index (χ0) is 13.9. The molecule has 0 nitrogen and oxygen atoms in total. The van der Waals surface area contributed by atoms with Gasteiger partial charge in [0.25, 0.3) is 0 Å². The summed E-state index contributed by atoms with van der Waals surface area (Å²) in [7, 11) is 0. The molecule has 0 amide bonds. The van der Waals surface area contributed by atoms with Gasteiger partial charge in [0.2, 0.25) is 0 Å². The second kappa shape index (κ2) is 6.41. The highest BCUT2D eigenvalue weighted by atomic mass is 14.1. The Bertz CT molecular complexity index is 657. The van der Waals surface area contributed by atoms with Gasteiger partial charge in [0.05, 0.1) is 0 Å². The number of rotatable bonds is 2. The van der Waals surface area contributed by atoms with Gasteiger partial charge in [0.1, 0.15) is 0 Å². The smallest absolute Gasteiger partial charge is 0.0181 e. The second-order valence-corrected chi connectivity index (χ2v) is 5.32. The van der Waals surface area contributed by atoms with Crippen molar-refractivity contribution >= 4 is 0 Å². The second-order valence-electron chi connectivity index (χ2n) is 5.32. The maximum Gasteiger partial charge on any atom is -0.0181 e. The van der Waals surface area contributed by atoms with E-state index in [9.17, 15) is 0 Å². The number of benzene rings is 3. The first kappa shape index (κ1) is 15.1. The molecule has 0 N–H and O–H groups in total. The Kier molecular flexibility index (Phi) is 4.59. The molecule has 0 heterocycles. The highest BCUT2D eigenvalue weighted by Gasteiger charge is 2.00. The number of hydrogen-bond donors (Lipinski definition) is 0. The third-order valence-electron chi connectivity index (χ3n) is 3.59. The Balaban J connectivity index is 0.00000161. The van der Waals surface area contributed by atoms with E-state index < -0.39 is 0 Å². The molecule has 0 saturated carbocycles. The summed E-state index contributed by atoms with van der Waals surface area (Å²) in [5, 5.41) is 0. The van der Waals surface area contributed by atoms with Crippen molar-refractivity contribution in [3.8, 4) is 22.3 Å². The standard InChI is InChI=1S/C20H18.CH4/c1-15-5-3-7-19(13-15)17-9-11-18(12-10-17)20-8-4-6-16(2)14-20;/h3-14H,1-2H3;1H4. The van der Waals surface area contributed by atoms with Gasteiger partial charge in [-0.05, 0) is 36.1 Å². The van der Waals surface area contributed by atoms with Crippen LogP contribution in [0.5, 0.6) is 0 Å². The maximum absolute atomic E-state index is 2.22. The van der Waals surface area contributed by atoms with Crippen LogP contribution in [-0.2, 0) is 0 Å². The normalized spacial score (nSPS) is 10.0. The van der Waals surface area contributed by atoms with Gasteiger partial charge in [0.15, 0.2) is 0 Å². The predicted octanol–water partition coefficient (Wildman–Crippen LogP) is 6.27. The fourth-order valence-electron chi connectivity index (χ4n) is 2.50. The molecule has 3 aromatic rings. The van der Waals surface area contributed by atoms with E-state index in [0.717, 1.165) is 0 Å². The average molecular weight is 274 g/mol. The lowest BCUT2D eigenvalue weighted by molar-refractivity contribution is 1.46. The van der Waals surface area contributed by atoms with E-state index in [2.05, 4.69) is 86.6 Å². The van der Waals surface area contributed by atoms with Crippen LogP contribution in [0.25, 0.3) is 22.3 Å². The van der Waals surface area contributed by atoms with E-state index in [1.165, 1.54) is 33.4 Å². The van der Waals surface area contributed by atoms with E-state index in [4.69, 9.17) is 0 Å². The van der Waals surface area contributed by atoms with Crippen LogP contribution in [0.1, 0.15) is 18.6 Å². The van der Waals surface area contributed by atoms with Gasteiger partial charge in [-0.15, -0.1) is 0 Å². The highest BCUT2D eigenvalue weighted by Crippen LogP contribution is 2.25. The van der Waals surface area contributed by atoms with Crippen LogP contribution < -0.4 is 0 Å². The summed E-state index contributed by atoms with van der Waals surface area (Å²) in [5.41, 5.74) is 7.69. The topological polar surface area (TPSA) is 0 Å². The van der Waals surface area contributed by atoms with Crippen molar-refractivity contribution in [2.75, 3.05) is 0 Å². The Labute approximate surface area is 128 Å². The minimum Gasteiger partial charge on any atom is -0.0776 e. The summed E-state index contributed by atoms with van der Waals surface area (Å²) in [6, 6.07) is 26.1. The molecule has 0 aliphatic heterocycles. The van der Waals surface area contributed by atoms with Crippen LogP contribution in [0.15, 0.2) is 72.8 Å². The molecule has 0 heteroatoms. The zero-order valence-electron chi connectivity index (χ0n) is 11.9. The van der Waals surface area contributed by atoms with Gasteiger partial charge >= 0.3 is 0 Å². The lowest BCUT2D eigenvalue weighted by atomic mass is 9.99. The van der Waals surface area contributed by atoms with Crippen molar-refractivity contribution < 1.29 is 0 Å². The average Bonchev–Trinajstić information content (AvgIpc) is 2.47. The number of aryl methyl sites for hydroxylation is 2. The van der Waals surface area contributed by atoms with Crippen LogP contribution in [0.2, 0.25) is 0 Å². The summed E-state index contributed by atoms with van der Waals surface area (Å²) >= 11 is 0. The summed E-state index contributed by atoms with van der Waals surface area (Å²) in [6.07, 6.45) is 0. The van der Waals surface area contributed by atoms with Gasteiger partial charge < -0.3 is 0 Å². The molecule has 0 aliphatic rings. The summed E-state index contributed by atoms with van der Waals surface area (Å²) < 4.78 is 0. The molecule has 0 atom stereocenters. The summed E-state index contributed by atoms with van der Waals surface area (Å²) in [4.78, 5) is 0. The van der Waals surface area contributed by atoms with E-state index in [0.29, 0.717) is 0 Å². The predicted molar refractivity (Wildman–Crippen MR) is 93.5 cm³/mol. The fourth-order valence-corrected chi connectivity index (χ4v) is 2.50. The molecule has 0 fully saturated rings. The van der Waals surface area contributed by atoms with Crippen LogP contribution in [-0.4, -0.2) is 0 Å². The van der Waals surface area contributed by atoms with Crippen molar-refractivity contribution in [1.82, 2.24) is 0 Å². The highest BCUT2D eigenvalue weighted by molar-refractivity contribution is 5.70. The summed E-state index contributed by atoms with van der Waals surface area (Å²) in [5.74, 6) is 0. The number of hydrogen-bond acceptors (Lipinski definition) is 0. The van der Waals surface area contributed by atoms with Crippen LogP contribution >= 0.6 is 0 Å². The van der Waals surface area contributed by atoms with Crippen molar-refractivity contribution in [2.45, 2.75) is 21.3 Å². The van der Waals surface area contributed by atoms with E-state index >= 15 is 0 Å². The van der Waals surface area contributed by atoms with Crippen molar-refractivity contribution in [3.63, 3.8) is 0 Å². The first-order valence-corrected chi connectivity index (χ1v) is 6.96. The van der Waals surface area contributed by atoms with Gasteiger partial charge in [-0.2, -0.15) is 0 Å². The Morgan fingerprint density at radius 1 is 0.476 bits per heavy atom. The molecule has 0 saturated heterocycles. The fraction of sp³-hybridized carbons (Fsp3) is 0.143. The third kappa shape index (κ3) is 3.41. The van der Waals surface area contributed by atoms with Gasteiger partial charge in [-0.25, -0.2) is 0 Å². The molecule has 0 radical (unpaired) electrons. The van der Waals surface area contributed by atoms with Gasteiger partial charge in [-0.3, -0.25) is 0 Å². The molecule has 0 unspecified atom stereocenters. The molecule has 3 aromatic carbocycles. The molecule has 0 aliphatic carbocycles. The first-order valence-electron chi connectivity index (χ1n) is 6.96. The quantitative estimate of drug-likeness (QED) is 0.516. The lowest BCUT2D eigenvalue weighted by Crippen LogP contribution is -1.82. The molecule has 21 heavy (non-hydrogen) atoms.